The molecule has 0 aliphatic carbocycles. The normalized spacial score (nSPS) is 10.9. The summed E-state index contributed by atoms with van der Waals surface area (Å²) in [7, 11) is 0. The zero-order valence-corrected chi connectivity index (χ0v) is 8.22. The Morgan fingerprint density at radius 2 is 2.07 bits per heavy atom. The Kier molecular flexibility index (Phi) is 2.26. The van der Waals surface area contributed by atoms with E-state index in [1.54, 1.807) is 6.07 Å². The molecule has 0 bridgehead atoms. The number of fused-ring (bicyclic) bond motifs is 1. The van der Waals surface area contributed by atoms with E-state index in [-0.39, 0.29) is 11.3 Å². The van der Waals surface area contributed by atoms with Gasteiger partial charge < -0.3 is 5.73 Å². The first-order chi connectivity index (χ1) is 7.13. The minimum Gasteiger partial charge on any atom is -0.383 e. The van der Waals surface area contributed by atoms with Gasteiger partial charge >= 0.3 is 0 Å². The summed E-state index contributed by atoms with van der Waals surface area (Å²) < 4.78 is 26.2. The van der Waals surface area contributed by atoms with Gasteiger partial charge in [0.05, 0.1) is 0 Å². The average molecular weight is 208 g/mol. The standard InChI is InChI=1S/C11H10F2N2/c1-2-6-5-7-3-4-8(12)9(13)10(7)15-11(6)14/h3-5H,2H2,1H3,(H2,14,15). The number of hydrogen-bond acceptors (Lipinski definition) is 2. The molecule has 0 amide bonds. The van der Waals surface area contributed by atoms with Crippen molar-refractivity contribution in [1.82, 2.24) is 4.98 Å². The molecule has 4 heteroatoms. The smallest absolute Gasteiger partial charge is 0.185 e. The summed E-state index contributed by atoms with van der Waals surface area (Å²) in [5, 5.41) is 0.569. The number of hydrogen-bond donors (Lipinski definition) is 1. The number of pyridine rings is 1. The quantitative estimate of drug-likeness (QED) is 0.782. The van der Waals surface area contributed by atoms with Crippen molar-refractivity contribution in [3.05, 3.63) is 35.4 Å². The van der Waals surface area contributed by atoms with Crippen LogP contribution in [0.2, 0.25) is 0 Å². The highest BCUT2D eigenvalue weighted by molar-refractivity contribution is 5.82. The highest BCUT2D eigenvalue weighted by Gasteiger charge is 2.10. The molecule has 0 saturated heterocycles. The Hall–Kier alpha value is -1.71. The van der Waals surface area contributed by atoms with E-state index in [1.807, 2.05) is 6.92 Å². The van der Waals surface area contributed by atoms with Crippen LogP contribution in [0.15, 0.2) is 18.2 Å². The molecule has 0 saturated carbocycles. The Labute approximate surface area is 85.7 Å². The van der Waals surface area contributed by atoms with E-state index in [9.17, 15) is 8.78 Å². The second-order valence-electron chi connectivity index (χ2n) is 3.32. The van der Waals surface area contributed by atoms with E-state index in [1.165, 1.54) is 6.07 Å². The number of aryl methyl sites for hydroxylation is 1. The first-order valence-electron chi connectivity index (χ1n) is 4.66. The van der Waals surface area contributed by atoms with Crippen molar-refractivity contribution in [1.29, 1.82) is 0 Å². The monoisotopic (exact) mass is 208 g/mol. The fourth-order valence-electron chi connectivity index (χ4n) is 1.52. The molecule has 2 nitrogen and oxygen atoms in total. The van der Waals surface area contributed by atoms with Crippen LogP contribution in [0.3, 0.4) is 0 Å². The van der Waals surface area contributed by atoms with Gasteiger partial charge in [0.1, 0.15) is 11.3 Å². The number of nitrogen functional groups attached to an aromatic ring is 1. The van der Waals surface area contributed by atoms with Gasteiger partial charge in [-0.25, -0.2) is 13.8 Å². The van der Waals surface area contributed by atoms with E-state index in [0.29, 0.717) is 11.8 Å². The fourth-order valence-corrected chi connectivity index (χ4v) is 1.52. The molecule has 2 aromatic rings. The Balaban J connectivity index is 2.81. The van der Waals surface area contributed by atoms with Crippen LogP contribution in [0, 0.1) is 11.6 Å². The molecule has 1 aromatic carbocycles. The summed E-state index contributed by atoms with van der Waals surface area (Å²) >= 11 is 0. The molecule has 0 aliphatic rings. The van der Waals surface area contributed by atoms with Crippen molar-refractivity contribution in [2.75, 3.05) is 5.73 Å². The number of nitrogens with two attached hydrogens (primary N) is 1. The van der Waals surface area contributed by atoms with Gasteiger partial charge in [0.15, 0.2) is 11.6 Å². The van der Waals surface area contributed by atoms with Gasteiger partial charge in [-0.15, -0.1) is 0 Å². The molecule has 1 aromatic heterocycles. The maximum absolute atomic E-state index is 13.3. The third-order valence-electron chi connectivity index (χ3n) is 2.37. The zero-order chi connectivity index (χ0) is 11.0. The number of anilines is 1. The van der Waals surface area contributed by atoms with E-state index in [2.05, 4.69) is 4.98 Å². The van der Waals surface area contributed by atoms with Crippen LogP contribution in [0.5, 0.6) is 0 Å². The zero-order valence-electron chi connectivity index (χ0n) is 8.22. The van der Waals surface area contributed by atoms with Crippen molar-refractivity contribution in [3.8, 4) is 0 Å². The molecule has 0 radical (unpaired) electrons. The number of nitrogens with zero attached hydrogens (tertiary/aromatic N) is 1. The predicted molar refractivity (Wildman–Crippen MR) is 55.4 cm³/mol. The molecule has 78 valence electrons. The van der Waals surface area contributed by atoms with Crippen molar-refractivity contribution in [2.45, 2.75) is 13.3 Å². The molecule has 2 N–H and O–H groups in total. The van der Waals surface area contributed by atoms with Crippen LogP contribution in [-0.2, 0) is 6.42 Å². The van der Waals surface area contributed by atoms with Crippen LogP contribution < -0.4 is 5.73 Å². The van der Waals surface area contributed by atoms with Gasteiger partial charge in [-0.1, -0.05) is 6.92 Å². The van der Waals surface area contributed by atoms with E-state index >= 15 is 0 Å². The highest BCUT2D eigenvalue weighted by Crippen LogP contribution is 2.22. The lowest BCUT2D eigenvalue weighted by Crippen LogP contribution is -1.99. The lowest BCUT2D eigenvalue weighted by molar-refractivity contribution is 0.515. The van der Waals surface area contributed by atoms with Crippen molar-refractivity contribution in [2.24, 2.45) is 0 Å². The lowest BCUT2D eigenvalue weighted by Gasteiger charge is -2.05. The first-order valence-corrected chi connectivity index (χ1v) is 4.66. The minimum absolute atomic E-state index is 0.00954. The third-order valence-corrected chi connectivity index (χ3v) is 2.37. The summed E-state index contributed by atoms with van der Waals surface area (Å²) in [6, 6.07) is 4.33. The lowest BCUT2D eigenvalue weighted by atomic mass is 10.1. The van der Waals surface area contributed by atoms with Crippen LogP contribution in [-0.4, -0.2) is 4.98 Å². The molecular formula is C11H10F2N2. The summed E-state index contributed by atoms with van der Waals surface area (Å²) in [6.45, 7) is 1.93. The highest BCUT2D eigenvalue weighted by atomic mass is 19.2. The van der Waals surface area contributed by atoms with Gasteiger partial charge in [0, 0.05) is 5.39 Å². The average Bonchev–Trinajstić information content (AvgIpc) is 2.24. The third kappa shape index (κ3) is 1.52. The topological polar surface area (TPSA) is 38.9 Å². The van der Waals surface area contributed by atoms with E-state index in [0.717, 1.165) is 11.6 Å². The summed E-state index contributed by atoms with van der Waals surface area (Å²) in [4.78, 5) is 3.87. The largest absolute Gasteiger partial charge is 0.383 e. The van der Waals surface area contributed by atoms with Crippen molar-refractivity contribution < 1.29 is 8.78 Å². The second kappa shape index (κ2) is 3.46. The van der Waals surface area contributed by atoms with E-state index < -0.39 is 11.6 Å². The van der Waals surface area contributed by atoms with Crippen LogP contribution in [0.4, 0.5) is 14.6 Å². The number of rotatable bonds is 1. The molecule has 0 fully saturated rings. The van der Waals surface area contributed by atoms with Gasteiger partial charge in [0.25, 0.3) is 0 Å². The molecular weight excluding hydrogens is 198 g/mol. The van der Waals surface area contributed by atoms with Crippen LogP contribution in [0.25, 0.3) is 10.9 Å². The molecule has 15 heavy (non-hydrogen) atoms. The molecule has 2 rings (SSSR count). The summed E-state index contributed by atoms with van der Waals surface area (Å²) in [5.41, 5.74) is 6.45. The fraction of sp³-hybridized carbons (Fsp3) is 0.182. The number of benzene rings is 1. The van der Waals surface area contributed by atoms with Gasteiger partial charge in [0.2, 0.25) is 0 Å². The van der Waals surface area contributed by atoms with Crippen LogP contribution in [0.1, 0.15) is 12.5 Å². The second-order valence-corrected chi connectivity index (χ2v) is 3.32. The SMILES string of the molecule is CCc1cc2ccc(F)c(F)c2nc1N. The van der Waals surface area contributed by atoms with E-state index in [4.69, 9.17) is 5.73 Å². The number of aromatic nitrogens is 1. The van der Waals surface area contributed by atoms with Crippen LogP contribution >= 0.6 is 0 Å². The summed E-state index contributed by atoms with van der Waals surface area (Å²) in [5.74, 6) is -1.59. The predicted octanol–water partition coefficient (Wildman–Crippen LogP) is 2.66. The van der Waals surface area contributed by atoms with Gasteiger partial charge in [-0.3, -0.25) is 0 Å². The molecule has 0 unspecified atom stereocenters. The minimum atomic E-state index is -0.943. The molecule has 0 atom stereocenters. The Morgan fingerprint density at radius 1 is 1.33 bits per heavy atom. The van der Waals surface area contributed by atoms with Crippen molar-refractivity contribution >= 4 is 16.7 Å². The Bertz CT molecular complexity index is 523. The molecule has 0 aliphatic heterocycles. The maximum Gasteiger partial charge on any atom is 0.185 e. The van der Waals surface area contributed by atoms with Gasteiger partial charge in [-0.05, 0) is 30.2 Å². The first kappa shape index (κ1) is 9.83. The molecule has 0 spiro atoms. The van der Waals surface area contributed by atoms with Gasteiger partial charge in [-0.2, -0.15) is 0 Å². The number of halogens is 2. The maximum atomic E-state index is 13.3. The summed E-state index contributed by atoms with van der Waals surface area (Å²) in [6.07, 6.45) is 0.716. The Morgan fingerprint density at radius 3 is 2.73 bits per heavy atom. The molecule has 1 heterocycles. The van der Waals surface area contributed by atoms with Crippen molar-refractivity contribution in [3.63, 3.8) is 0 Å².